The molecule has 21 heavy (non-hydrogen) atoms. The number of halogens is 1. The van der Waals surface area contributed by atoms with Gasteiger partial charge in [-0.3, -0.25) is 14.9 Å². The molecule has 7 heteroatoms. The SMILES string of the molecule is O=C(CCCNCc1cc([N+](=O)[O-])ccc1Cl)NC1CC1. The van der Waals surface area contributed by atoms with Gasteiger partial charge in [-0.2, -0.15) is 0 Å². The Morgan fingerprint density at radius 3 is 2.86 bits per heavy atom. The Morgan fingerprint density at radius 2 is 2.19 bits per heavy atom. The molecule has 0 heterocycles. The van der Waals surface area contributed by atoms with Crippen molar-refractivity contribution in [1.82, 2.24) is 10.6 Å². The Labute approximate surface area is 128 Å². The number of nitrogens with one attached hydrogen (secondary N) is 2. The fourth-order valence-corrected chi connectivity index (χ4v) is 2.12. The van der Waals surface area contributed by atoms with Crippen LogP contribution >= 0.6 is 11.6 Å². The number of nitrogens with zero attached hydrogens (tertiary/aromatic N) is 1. The van der Waals surface area contributed by atoms with Crippen molar-refractivity contribution in [3.8, 4) is 0 Å². The van der Waals surface area contributed by atoms with Crippen LogP contribution in [0.4, 0.5) is 5.69 Å². The number of rotatable bonds is 8. The van der Waals surface area contributed by atoms with Gasteiger partial charge in [-0.15, -0.1) is 0 Å². The number of amides is 1. The summed E-state index contributed by atoms with van der Waals surface area (Å²) in [6.45, 7) is 1.11. The normalized spacial score (nSPS) is 14.0. The van der Waals surface area contributed by atoms with Crippen LogP contribution in [0.1, 0.15) is 31.2 Å². The molecule has 1 aliphatic rings. The van der Waals surface area contributed by atoms with Crippen molar-refractivity contribution in [3.05, 3.63) is 38.9 Å². The molecule has 6 nitrogen and oxygen atoms in total. The first-order valence-corrected chi connectivity index (χ1v) is 7.37. The van der Waals surface area contributed by atoms with Gasteiger partial charge in [0.2, 0.25) is 5.91 Å². The third-order valence-corrected chi connectivity index (χ3v) is 3.62. The van der Waals surface area contributed by atoms with Gasteiger partial charge in [0.1, 0.15) is 0 Å². The monoisotopic (exact) mass is 311 g/mol. The molecule has 0 aromatic heterocycles. The van der Waals surface area contributed by atoms with E-state index in [-0.39, 0.29) is 11.6 Å². The Bertz CT molecular complexity index is 532. The number of hydrogen-bond acceptors (Lipinski definition) is 4. The first-order valence-electron chi connectivity index (χ1n) is 6.99. The minimum atomic E-state index is -0.442. The molecule has 1 saturated carbocycles. The summed E-state index contributed by atoms with van der Waals surface area (Å²) in [7, 11) is 0. The van der Waals surface area contributed by atoms with E-state index in [0.29, 0.717) is 36.1 Å². The predicted octanol–water partition coefficient (Wildman–Crippen LogP) is 2.40. The molecule has 1 amide bonds. The number of nitro benzene ring substituents is 1. The quantitative estimate of drug-likeness (QED) is 0.438. The van der Waals surface area contributed by atoms with E-state index in [1.165, 1.54) is 18.2 Å². The van der Waals surface area contributed by atoms with E-state index in [9.17, 15) is 14.9 Å². The van der Waals surface area contributed by atoms with E-state index in [1.807, 2.05) is 0 Å². The number of nitro groups is 1. The summed E-state index contributed by atoms with van der Waals surface area (Å²) in [5.74, 6) is 0.0904. The molecule has 1 aliphatic carbocycles. The number of benzene rings is 1. The average molecular weight is 312 g/mol. The van der Waals surface area contributed by atoms with Crippen LogP contribution in [0.15, 0.2) is 18.2 Å². The molecule has 0 spiro atoms. The van der Waals surface area contributed by atoms with Gasteiger partial charge in [-0.1, -0.05) is 11.6 Å². The second-order valence-corrected chi connectivity index (χ2v) is 5.56. The van der Waals surface area contributed by atoms with Crippen LogP contribution in [0.5, 0.6) is 0 Å². The molecule has 0 aliphatic heterocycles. The summed E-state index contributed by atoms with van der Waals surface area (Å²) >= 11 is 6.00. The van der Waals surface area contributed by atoms with Gasteiger partial charge in [-0.25, -0.2) is 0 Å². The highest BCUT2D eigenvalue weighted by atomic mass is 35.5. The van der Waals surface area contributed by atoms with Crippen LogP contribution in [0, 0.1) is 10.1 Å². The lowest BCUT2D eigenvalue weighted by Gasteiger charge is -2.07. The summed E-state index contributed by atoms with van der Waals surface area (Å²) in [5, 5.41) is 17.3. The zero-order valence-corrected chi connectivity index (χ0v) is 12.4. The van der Waals surface area contributed by atoms with E-state index < -0.39 is 4.92 Å². The van der Waals surface area contributed by atoms with Crippen molar-refractivity contribution in [2.24, 2.45) is 0 Å². The standard InChI is InChI=1S/C14H18ClN3O3/c15-13-6-5-12(18(20)21)8-10(13)9-16-7-1-2-14(19)17-11-3-4-11/h5-6,8,11,16H,1-4,7,9H2,(H,17,19). The van der Waals surface area contributed by atoms with Gasteiger partial charge >= 0.3 is 0 Å². The molecule has 114 valence electrons. The van der Waals surface area contributed by atoms with E-state index in [4.69, 9.17) is 11.6 Å². The summed E-state index contributed by atoms with van der Waals surface area (Å²) in [4.78, 5) is 21.7. The van der Waals surface area contributed by atoms with Crippen molar-refractivity contribution >= 4 is 23.2 Å². The summed E-state index contributed by atoms with van der Waals surface area (Å²) in [6.07, 6.45) is 3.40. The van der Waals surface area contributed by atoms with Gasteiger partial charge < -0.3 is 10.6 Å². The first-order chi connectivity index (χ1) is 10.1. The Kier molecular flexibility index (Phi) is 5.52. The van der Waals surface area contributed by atoms with E-state index in [2.05, 4.69) is 10.6 Å². The largest absolute Gasteiger partial charge is 0.353 e. The molecule has 1 aromatic rings. The lowest BCUT2D eigenvalue weighted by atomic mass is 10.2. The maximum absolute atomic E-state index is 11.5. The summed E-state index contributed by atoms with van der Waals surface area (Å²) < 4.78 is 0. The smallest absolute Gasteiger partial charge is 0.269 e. The zero-order chi connectivity index (χ0) is 15.2. The Balaban J connectivity index is 1.69. The van der Waals surface area contributed by atoms with Crippen LogP contribution in [0.2, 0.25) is 5.02 Å². The molecule has 0 atom stereocenters. The third-order valence-electron chi connectivity index (χ3n) is 3.26. The topological polar surface area (TPSA) is 84.3 Å². The van der Waals surface area contributed by atoms with Crippen molar-refractivity contribution in [2.75, 3.05) is 6.54 Å². The van der Waals surface area contributed by atoms with Crippen molar-refractivity contribution in [3.63, 3.8) is 0 Å². The molecule has 0 bridgehead atoms. The fraction of sp³-hybridized carbons (Fsp3) is 0.500. The van der Waals surface area contributed by atoms with Crippen LogP contribution in [-0.2, 0) is 11.3 Å². The van der Waals surface area contributed by atoms with Gasteiger partial charge in [0.15, 0.2) is 0 Å². The molecular weight excluding hydrogens is 294 g/mol. The summed E-state index contributed by atoms with van der Waals surface area (Å²) in [5.41, 5.74) is 0.716. The molecule has 0 unspecified atom stereocenters. The first kappa shape index (κ1) is 15.7. The number of non-ortho nitro benzene ring substituents is 1. The highest BCUT2D eigenvalue weighted by molar-refractivity contribution is 6.31. The maximum atomic E-state index is 11.5. The highest BCUT2D eigenvalue weighted by Gasteiger charge is 2.22. The molecule has 2 N–H and O–H groups in total. The minimum absolute atomic E-state index is 0.0278. The van der Waals surface area contributed by atoms with Crippen LogP contribution in [0.3, 0.4) is 0 Å². The fourth-order valence-electron chi connectivity index (χ4n) is 1.93. The van der Waals surface area contributed by atoms with Crippen molar-refractivity contribution in [1.29, 1.82) is 0 Å². The maximum Gasteiger partial charge on any atom is 0.269 e. The van der Waals surface area contributed by atoms with Crippen LogP contribution in [-0.4, -0.2) is 23.4 Å². The van der Waals surface area contributed by atoms with E-state index >= 15 is 0 Å². The second-order valence-electron chi connectivity index (χ2n) is 5.15. The summed E-state index contributed by atoms with van der Waals surface area (Å²) in [6, 6.07) is 4.78. The molecule has 0 radical (unpaired) electrons. The van der Waals surface area contributed by atoms with Crippen LogP contribution in [0.25, 0.3) is 0 Å². The number of carbonyl (C=O) groups excluding carboxylic acids is 1. The van der Waals surface area contributed by atoms with Gasteiger partial charge in [0, 0.05) is 36.2 Å². The van der Waals surface area contributed by atoms with E-state index in [1.54, 1.807) is 0 Å². The zero-order valence-electron chi connectivity index (χ0n) is 11.6. The van der Waals surface area contributed by atoms with Crippen LogP contribution < -0.4 is 10.6 Å². The number of carbonyl (C=O) groups is 1. The molecule has 0 saturated heterocycles. The van der Waals surface area contributed by atoms with Crippen molar-refractivity contribution in [2.45, 2.75) is 38.3 Å². The van der Waals surface area contributed by atoms with Gasteiger partial charge in [0.05, 0.1) is 4.92 Å². The highest BCUT2D eigenvalue weighted by Crippen LogP contribution is 2.22. The molecule has 1 fully saturated rings. The Morgan fingerprint density at radius 1 is 1.43 bits per heavy atom. The minimum Gasteiger partial charge on any atom is -0.353 e. The van der Waals surface area contributed by atoms with Crippen molar-refractivity contribution < 1.29 is 9.72 Å². The third kappa shape index (κ3) is 5.32. The molecular formula is C14H18ClN3O3. The molecule has 2 rings (SSSR count). The van der Waals surface area contributed by atoms with Gasteiger partial charge in [0.25, 0.3) is 5.69 Å². The second kappa shape index (κ2) is 7.38. The predicted molar refractivity (Wildman–Crippen MR) is 80.2 cm³/mol. The number of hydrogen-bond donors (Lipinski definition) is 2. The molecule has 1 aromatic carbocycles. The lowest BCUT2D eigenvalue weighted by Crippen LogP contribution is -2.26. The Hall–Kier alpha value is -1.66. The average Bonchev–Trinajstić information content (AvgIpc) is 3.24. The van der Waals surface area contributed by atoms with E-state index in [0.717, 1.165) is 19.3 Å². The lowest BCUT2D eigenvalue weighted by molar-refractivity contribution is -0.384. The van der Waals surface area contributed by atoms with Gasteiger partial charge in [-0.05, 0) is 37.4 Å².